The van der Waals surface area contributed by atoms with E-state index in [0.717, 1.165) is 40.6 Å². The zero-order chi connectivity index (χ0) is 20.4. The van der Waals surface area contributed by atoms with Gasteiger partial charge in [-0.15, -0.1) is 0 Å². The van der Waals surface area contributed by atoms with Crippen molar-refractivity contribution in [3.8, 4) is 0 Å². The van der Waals surface area contributed by atoms with E-state index in [4.69, 9.17) is 4.99 Å². The Hall–Kier alpha value is -2.28. The maximum atomic E-state index is 4.86. The molecule has 2 N–H and O–H groups in total. The largest absolute Gasteiger partial charge is 0.324 e. The van der Waals surface area contributed by atoms with Crippen molar-refractivity contribution in [2.24, 2.45) is 10.9 Å². The molecule has 1 saturated carbocycles. The standard InChI is InChI=1S/C22H27BrN6/c1-4-17-10-15(14-8-9-14)11-19(24-17)26-22-28-20(13(2)3)27-21(29-22)25-18-7-5-6-16(23)12-18/h5-7,11-14,17H,4,8-10H2,1-3H3,(H2,24,25,26,27,28,29). The third-order valence-corrected chi connectivity index (χ3v) is 5.67. The quantitative estimate of drug-likeness (QED) is 0.573. The van der Waals surface area contributed by atoms with Gasteiger partial charge in [0.1, 0.15) is 11.7 Å². The number of anilines is 3. The summed E-state index contributed by atoms with van der Waals surface area (Å²) in [5.41, 5.74) is 2.43. The average Bonchev–Trinajstić information content (AvgIpc) is 3.53. The molecule has 0 spiro atoms. The Labute approximate surface area is 180 Å². The van der Waals surface area contributed by atoms with Gasteiger partial charge in [-0.05, 0) is 55.9 Å². The van der Waals surface area contributed by atoms with E-state index in [0.29, 0.717) is 17.9 Å². The highest BCUT2D eigenvalue weighted by Crippen LogP contribution is 2.40. The first-order valence-electron chi connectivity index (χ1n) is 10.3. The highest BCUT2D eigenvalue weighted by Gasteiger charge is 2.29. The van der Waals surface area contributed by atoms with Crippen molar-refractivity contribution in [1.29, 1.82) is 0 Å². The first kappa shape index (κ1) is 20.0. The molecule has 152 valence electrons. The molecule has 0 radical (unpaired) electrons. The van der Waals surface area contributed by atoms with Crippen molar-refractivity contribution >= 4 is 39.3 Å². The highest BCUT2D eigenvalue weighted by molar-refractivity contribution is 9.10. The summed E-state index contributed by atoms with van der Waals surface area (Å²) in [7, 11) is 0. The predicted molar refractivity (Wildman–Crippen MR) is 122 cm³/mol. The zero-order valence-corrected chi connectivity index (χ0v) is 18.7. The van der Waals surface area contributed by atoms with E-state index in [1.807, 2.05) is 24.3 Å². The van der Waals surface area contributed by atoms with Gasteiger partial charge >= 0.3 is 0 Å². The molecule has 29 heavy (non-hydrogen) atoms. The molecule has 1 aliphatic heterocycles. The minimum Gasteiger partial charge on any atom is -0.324 e. The smallest absolute Gasteiger partial charge is 0.233 e. The average molecular weight is 455 g/mol. The van der Waals surface area contributed by atoms with Gasteiger partial charge in [-0.3, -0.25) is 4.99 Å². The van der Waals surface area contributed by atoms with Crippen molar-refractivity contribution in [3.05, 3.63) is 46.2 Å². The number of rotatable bonds is 6. The summed E-state index contributed by atoms with van der Waals surface area (Å²) >= 11 is 3.50. The van der Waals surface area contributed by atoms with Crippen molar-refractivity contribution in [2.75, 3.05) is 10.6 Å². The third kappa shape index (κ3) is 5.21. The van der Waals surface area contributed by atoms with Gasteiger partial charge in [-0.25, -0.2) is 0 Å². The molecule has 6 nitrogen and oxygen atoms in total. The molecule has 1 unspecified atom stereocenters. The summed E-state index contributed by atoms with van der Waals surface area (Å²) in [5.74, 6) is 3.60. The summed E-state index contributed by atoms with van der Waals surface area (Å²) in [6, 6.07) is 8.28. The lowest BCUT2D eigenvalue weighted by Gasteiger charge is -2.21. The summed E-state index contributed by atoms with van der Waals surface area (Å²) < 4.78 is 0.999. The van der Waals surface area contributed by atoms with Crippen LogP contribution in [0.15, 0.2) is 45.4 Å². The fourth-order valence-electron chi connectivity index (χ4n) is 3.40. The molecule has 1 aromatic heterocycles. The number of aliphatic imine (C=N–C) groups is 1. The SMILES string of the molecule is CCC1CC(C2CC2)=CC(Nc2nc(Nc3cccc(Br)c3)nc(C(C)C)n2)=N1. The molecule has 0 amide bonds. The number of amidine groups is 1. The molecule has 0 saturated heterocycles. The number of hydrogen-bond acceptors (Lipinski definition) is 6. The number of nitrogens with one attached hydrogen (secondary N) is 2. The van der Waals surface area contributed by atoms with Crippen molar-refractivity contribution in [2.45, 2.75) is 58.4 Å². The van der Waals surface area contributed by atoms with Crippen LogP contribution < -0.4 is 10.6 Å². The Balaban J connectivity index is 1.60. The van der Waals surface area contributed by atoms with E-state index in [1.165, 1.54) is 18.4 Å². The zero-order valence-electron chi connectivity index (χ0n) is 17.1. The van der Waals surface area contributed by atoms with Gasteiger partial charge in [0.15, 0.2) is 0 Å². The monoisotopic (exact) mass is 454 g/mol. The van der Waals surface area contributed by atoms with E-state index in [-0.39, 0.29) is 5.92 Å². The van der Waals surface area contributed by atoms with Crippen LogP contribution in [0.4, 0.5) is 17.6 Å². The Morgan fingerprint density at radius 2 is 1.86 bits per heavy atom. The minimum absolute atomic E-state index is 0.191. The van der Waals surface area contributed by atoms with Crippen molar-refractivity contribution < 1.29 is 0 Å². The van der Waals surface area contributed by atoms with Crippen LogP contribution in [0.1, 0.15) is 58.2 Å². The van der Waals surface area contributed by atoms with Gasteiger partial charge < -0.3 is 10.6 Å². The second-order valence-corrected chi connectivity index (χ2v) is 8.95. The van der Waals surface area contributed by atoms with E-state index >= 15 is 0 Å². The third-order valence-electron chi connectivity index (χ3n) is 5.18. The van der Waals surface area contributed by atoms with Gasteiger partial charge in [0.2, 0.25) is 11.9 Å². The van der Waals surface area contributed by atoms with E-state index in [2.05, 4.69) is 68.4 Å². The van der Waals surface area contributed by atoms with Crippen LogP contribution in [0.2, 0.25) is 0 Å². The number of benzene rings is 1. The molecular weight excluding hydrogens is 428 g/mol. The fraction of sp³-hybridized carbons (Fsp3) is 0.455. The molecule has 1 fully saturated rings. The van der Waals surface area contributed by atoms with Gasteiger partial charge in [0.25, 0.3) is 0 Å². The van der Waals surface area contributed by atoms with E-state index in [9.17, 15) is 0 Å². The van der Waals surface area contributed by atoms with Crippen LogP contribution in [-0.2, 0) is 0 Å². The summed E-state index contributed by atoms with van der Waals surface area (Å²) in [5, 5.41) is 6.64. The second kappa shape index (κ2) is 8.61. The predicted octanol–water partition coefficient (Wildman–Crippen LogP) is 5.83. The molecule has 0 bridgehead atoms. The van der Waals surface area contributed by atoms with Gasteiger partial charge in [0.05, 0.1) is 6.04 Å². The summed E-state index contributed by atoms with van der Waals surface area (Å²) in [6.45, 7) is 6.36. The lowest BCUT2D eigenvalue weighted by molar-refractivity contribution is 0.619. The molecule has 1 aromatic carbocycles. The van der Waals surface area contributed by atoms with Crippen molar-refractivity contribution in [1.82, 2.24) is 15.0 Å². The first-order chi connectivity index (χ1) is 14.0. The Bertz CT molecular complexity index is 948. The molecule has 4 rings (SSSR count). The normalized spacial score (nSPS) is 19.0. The number of nitrogens with zero attached hydrogens (tertiary/aromatic N) is 4. The molecule has 7 heteroatoms. The van der Waals surface area contributed by atoms with Crippen LogP contribution in [0, 0.1) is 5.92 Å². The van der Waals surface area contributed by atoms with Crippen LogP contribution in [0.25, 0.3) is 0 Å². The lowest BCUT2D eigenvalue weighted by Crippen LogP contribution is -2.22. The number of hydrogen-bond donors (Lipinski definition) is 2. The maximum absolute atomic E-state index is 4.86. The Morgan fingerprint density at radius 3 is 2.52 bits per heavy atom. The summed E-state index contributed by atoms with van der Waals surface area (Å²) in [6.07, 6.45) is 6.93. The van der Waals surface area contributed by atoms with Crippen LogP contribution >= 0.6 is 15.9 Å². The minimum atomic E-state index is 0.191. The van der Waals surface area contributed by atoms with Crippen LogP contribution in [0.3, 0.4) is 0 Å². The summed E-state index contributed by atoms with van der Waals surface area (Å²) in [4.78, 5) is 18.7. The fourth-order valence-corrected chi connectivity index (χ4v) is 3.80. The molecular formula is C22H27BrN6. The maximum Gasteiger partial charge on any atom is 0.233 e. The first-order valence-corrected chi connectivity index (χ1v) is 11.1. The number of dihydropyridines is 1. The second-order valence-electron chi connectivity index (χ2n) is 8.03. The number of aromatic nitrogens is 3. The van der Waals surface area contributed by atoms with E-state index in [1.54, 1.807) is 0 Å². The van der Waals surface area contributed by atoms with Gasteiger partial charge in [-0.2, -0.15) is 15.0 Å². The molecule has 2 heterocycles. The van der Waals surface area contributed by atoms with Crippen LogP contribution in [-0.4, -0.2) is 26.8 Å². The molecule has 1 atom stereocenters. The van der Waals surface area contributed by atoms with Gasteiger partial charge in [-0.1, -0.05) is 48.3 Å². The Kier molecular flexibility index (Phi) is 5.94. The van der Waals surface area contributed by atoms with Crippen LogP contribution in [0.5, 0.6) is 0 Å². The number of halogens is 1. The molecule has 2 aliphatic rings. The highest BCUT2D eigenvalue weighted by atomic mass is 79.9. The van der Waals surface area contributed by atoms with E-state index < -0.39 is 0 Å². The molecule has 1 aliphatic carbocycles. The Morgan fingerprint density at radius 1 is 1.10 bits per heavy atom. The lowest BCUT2D eigenvalue weighted by atomic mass is 9.97. The molecule has 2 aromatic rings. The topological polar surface area (TPSA) is 75.1 Å². The van der Waals surface area contributed by atoms with Crippen molar-refractivity contribution in [3.63, 3.8) is 0 Å². The van der Waals surface area contributed by atoms with Gasteiger partial charge in [0, 0.05) is 16.1 Å².